The average Bonchev–Trinajstić information content (AvgIpc) is 3.25. The van der Waals surface area contributed by atoms with Crippen LogP contribution in [0.4, 0.5) is 0 Å². The number of pyridine rings is 1. The number of nitrogens with zero attached hydrogens (tertiary/aromatic N) is 1. The minimum absolute atomic E-state index is 0.236. The highest BCUT2D eigenvalue weighted by atomic mass is 16.5. The zero-order valence-electron chi connectivity index (χ0n) is 16.3. The van der Waals surface area contributed by atoms with Gasteiger partial charge in [0, 0.05) is 11.5 Å². The molecule has 0 saturated heterocycles. The second-order valence-corrected chi connectivity index (χ2v) is 6.71. The minimum atomic E-state index is -0.236. The molecule has 0 saturated carbocycles. The number of fused-ring (bicyclic) bond motifs is 3. The van der Waals surface area contributed by atoms with Gasteiger partial charge in [-0.15, -0.1) is 0 Å². The van der Waals surface area contributed by atoms with Crippen LogP contribution in [0.5, 0.6) is 11.5 Å². The normalized spacial score (nSPS) is 11.7. The second-order valence-electron chi connectivity index (χ2n) is 6.71. The Morgan fingerprint density at radius 2 is 1.77 bits per heavy atom. The number of hydrogen-bond donors (Lipinski definition) is 0. The summed E-state index contributed by atoms with van der Waals surface area (Å²) in [7, 11) is 3.01. The molecule has 0 unspecified atom stereocenters. The Hall–Kier alpha value is -4.06. The molecule has 0 fully saturated rings. The highest BCUT2D eigenvalue weighted by Gasteiger charge is 2.22. The van der Waals surface area contributed by atoms with Crippen molar-refractivity contribution in [2.45, 2.75) is 0 Å². The van der Waals surface area contributed by atoms with Crippen LogP contribution in [0, 0.1) is 0 Å². The molecule has 0 atom stereocenters. The van der Waals surface area contributed by atoms with Crippen molar-refractivity contribution in [2.24, 2.45) is 0 Å². The number of methoxy groups -OCH3 is 2. The van der Waals surface area contributed by atoms with Crippen molar-refractivity contribution in [3.63, 3.8) is 0 Å². The SMILES string of the molecule is COc1c2occc2c(OC)c2c(=O)cc(C=Cc3ccc4ccccc4n3)oc12. The Balaban J connectivity index is 1.67. The maximum Gasteiger partial charge on any atom is 0.206 e. The molecule has 5 rings (SSSR count). The van der Waals surface area contributed by atoms with E-state index in [1.165, 1.54) is 26.5 Å². The Morgan fingerprint density at radius 3 is 2.60 bits per heavy atom. The first-order valence-electron chi connectivity index (χ1n) is 9.32. The molecule has 2 aromatic carbocycles. The summed E-state index contributed by atoms with van der Waals surface area (Å²) in [6.07, 6.45) is 5.02. The lowest BCUT2D eigenvalue weighted by Gasteiger charge is -2.10. The molecular weight excluding hydrogens is 382 g/mol. The zero-order chi connectivity index (χ0) is 20.7. The monoisotopic (exact) mass is 399 g/mol. The topological polar surface area (TPSA) is 74.7 Å². The smallest absolute Gasteiger partial charge is 0.206 e. The molecule has 5 aromatic rings. The molecule has 6 heteroatoms. The summed E-state index contributed by atoms with van der Waals surface area (Å²) in [6.45, 7) is 0. The molecule has 3 heterocycles. The maximum absolute atomic E-state index is 12.9. The highest BCUT2D eigenvalue weighted by molar-refractivity contribution is 6.06. The van der Waals surface area contributed by atoms with Crippen molar-refractivity contribution in [1.29, 1.82) is 0 Å². The molecule has 0 spiro atoms. The molecular formula is C24H17NO5. The first-order chi connectivity index (χ1) is 14.7. The summed E-state index contributed by atoms with van der Waals surface area (Å²) in [5, 5.41) is 2.02. The molecule has 0 bridgehead atoms. The van der Waals surface area contributed by atoms with Gasteiger partial charge in [0.2, 0.25) is 5.75 Å². The first-order valence-corrected chi connectivity index (χ1v) is 9.32. The fourth-order valence-electron chi connectivity index (χ4n) is 3.61. The number of rotatable bonds is 4. The number of hydrogen-bond acceptors (Lipinski definition) is 6. The van der Waals surface area contributed by atoms with E-state index in [9.17, 15) is 4.79 Å². The third-order valence-electron chi connectivity index (χ3n) is 4.96. The fourth-order valence-corrected chi connectivity index (χ4v) is 3.61. The van der Waals surface area contributed by atoms with Crippen LogP contribution in [0.3, 0.4) is 0 Å². The van der Waals surface area contributed by atoms with Gasteiger partial charge in [-0.25, -0.2) is 4.98 Å². The Labute approximate surface area is 171 Å². The summed E-state index contributed by atoms with van der Waals surface area (Å²) < 4.78 is 22.5. The molecule has 0 aliphatic rings. The van der Waals surface area contributed by atoms with Gasteiger partial charge < -0.3 is 18.3 Å². The van der Waals surface area contributed by atoms with Gasteiger partial charge in [0.15, 0.2) is 16.6 Å². The van der Waals surface area contributed by atoms with Crippen molar-refractivity contribution in [2.75, 3.05) is 14.2 Å². The van der Waals surface area contributed by atoms with E-state index >= 15 is 0 Å². The van der Waals surface area contributed by atoms with E-state index in [4.69, 9.17) is 18.3 Å². The van der Waals surface area contributed by atoms with Crippen molar-refractivity contribution in [1.82, 2.24) is 4.98 Å². The summed E-state index contributed by atoms with van der Waals surface area (Å²) in [5.41, 5.74) is 2.15. The van der Waals surface area contributed by atoms with Crippen LogP contribution < -0.4 is 14.9 Å². The highest BCUT2D eigenvalue weighted by Crippen LogP contribution is 2.42. The fraction of sp³-hybridized carbons (Fsp3) is 0.0833. The number of para-hydroxylation sites is 1. The van der Waals surface area contributed by atoms with Crippen molar-refractivity contribution in [3.05, 3.63) is 76.5 Å². The van der Waals surface area contributed by atoms with Crippen LogP contribution in [0.1, 0.15) is 11.5 Å². The van der Waals surface area contributed by atoms with Gasteiger partial charge in [-0.3, -0.25) is 4.79 Å². The minimum Gasteiger partial charge on any atom is -0.495 e. The molecule has 0 aliphatic carbocycles. The summed E-state index contributed by atoms with van der Waals surface area (Å²) in [6, 6.07) is 14.9. The van der Waals surface area contributed by atoms with Crippen molar-refractivity contribution in [3.8, 4) is 11.5 Å². The summed E-state index contributed by atoms with van der Waals surface area (Å²) in [4.78, 5) is 17.5. The van der Waals surface area contributed by atoms with Gasteiger partial charge in [-0.1, -0.05) is 24.3 Å². The largest absolute Gasteiger partial charge is 0.495 e. The van der Waals surface area contributed by atoms with Crippen LogP contribution in [0.15, 0.2) is 68.4 Å². The van der Waals surface area contributed by atoms with E-state index in [1.54, 1.807) is 18.2 Å². The lowest BCUT2D eigenvalue weighted by Crippen LogP contribution is -2.04. The van der Waals surface area contributed by atoms with E-state index in [1.807, 2.05) is 36.4 Å². The molecule has 0 aliphatic heterocycles. The van der Waals surface area contributed by atoms with Crippen LogP contribution in [-0.4, -0.2) is 19.2 Å². The van der Waals surface area contributed by atoms with Crippen molar-refractivity contribution < 1.29 is 18.3 Å². The molecule has 0 amide bonds. The quantitative estimate of drug-likeness (QED) is 0.410. The Kier molecular flexibility index (Phi) is 4.25. The predicted molar refractivity (Wildman–Crippen MR) is 116 cm³/mol. The van der Waals surface area contributed by atoms with E-state index < -0.39 is 0 Å². The maximum atomic E-state index is 12.9. The van der Waals surface area contributed by atoms with Crippen LogP contribution in [0.25, 0.3) is 45.0 Å². The molecule has 0 radical (unpaired) electrons. The molecule has 6 nitrogen and oxygen atoms in total. The van der Waals surface area contributed by atoms with E-state index in [0.717, 1.165) is 16.6 Å². The number of ether oxygens (including phenoxy) is 2. The summed E-state index contributed by atoms with van der Waals surface area (Å²) >= 11 is 0. The van der Waals surface area contributed by atoms with Gasteiger partial charge in [-0.05, 0) is 30.4 Å². The van der Waals surface area contributed by atoms with Gasteiger partial charge in [0.1, 0.15) is 16.9 Å². The van der Waals surface area contributed by atoms with Gasteiger partial charge in [0.05, 0.1) is 37.1 Å². The van der Waals surface area contributed by atoms with Gasteiger partial charge >= 0.3 is 0 Å². The number of benzene rings is 2. The lowest BCUT2D eigenvalue weighted by atomic mass is 10.1. The standard InChI is InChI=1S/C24H17NO5/c1-27-21-17-11-12-29-22(17)24(28-2)23-20(21)19(26)13-16(30-23)10-9-15-8-7-14-5-3-4-6-18(14)25-15/h3-13H,1-2H3. The number of aromatic nitrogens is 1. The van der Waals surface area contributed by atoms with Crippen LogP contribution >= 0.6 is 0 Å². The average molecular weight is 399 g/mol. The summed E-state index contributed by atoms with van der Waals surface area (Å²) in [5.74, 6) is 1.12. The second kappa shape index (κ2) is 7.08. The van der Waals surface area contributed by atoms with E-state index in [-0.39, 0.29) is 11.0 Å². The lowest BCUT2D eigenvalue weighted by molar-refractivity contribution is 0.400. The third-order valence-corrected chi connectivity index (χ3v) is 4.96. The molecule has 0 N–H and O–H groups in total. The van der Waals surface area contributed by atoms with Gasteiger partial charge in [-0.2, -0.15) is 0 Å². The zero-order valence-corrected chi connectivity index (χ0v) is 16.3. The first kappa shape index (κ1) is 18.0. The van der Waals surface area contributed by atoms with Crippen LogP contribution in [0.2, 0.25) is 0 Å². The number of furan rings is 1. The van der Waals surface area contributed by atoms with Gasteiger partial charge in [0.25, 0.3) is 0 Å². The van der Waals surface area contributed by atoms with E-state index in [2.05, 4.69) is 4.98 Å². The Bertz CT molecular complexity index is 1490. The van der Waals surface area contributed by atoms with E-state index in [0.29, 0.717) is 33.6 Å². The van der Waals surface area contributed by atoms with Crippen LogP contribution in [-0.2, 0) is 0 Å². The molecule has 3 aromatic heterocycles. The molecule has 30 heavy (non-hydrogen) atoms. The predicted octanol–water partition coefficient (Wildman–Crippen LogP) is 5.28. The third kappa shape index (κ3) is 2.81. The van der Waals surface area contributed by atoms with Crippen molar-refractivity contribution >= 4 is 45.0 Å². The molecule has 148 valence electrons. The Morgan fingerprint density at radius 1 is 0.933 bits per heavy atom.